The molecule has 2 rings (SSSR count). The molecule has 1 unspecified atom stereocenters. The molecule has 20 heavy (non-hydrogen) atoms. The Balaban J connectivity index is 1.96. The first-order valence-electron chi connectivity index (χ1n) is 6.51. The number of benzene rings is 1. The average Bonchev–Trinajstić information content (AvgIpc) is 2.91. The van der Waals surface area contributed by atoms with E-state index in [-0.39, 0.29) is 11.3 Å². The molecule has 0 bridgehead atoms. The summed E-state index contributed by atoms with van der Waals surface area (Å²) in [4.78, 5) is 22.4. The Morgan fingerprint density at radius 1 is 1.55 bits per heavy atom. The summed E-state index contributed by atoms with van der Waals surface area (Å²) in [6.45, 7) is 2.55. The normalized spacial score (nSPS) is 17.9. The lowest BCUT2D eigenvalue weighted by molar-refractivity contribution is -0.385. The smallest absolute Gasteiger partial charge is 0.283 e. The maximum atomic E-state index is 12.0. The van der Waals surface area contributed by atoms with Crippen molar-refractivity contribution in [3.8, 4) is 0 Å². The summed E-state index contributed by atoms with van der Waals surface area (Å²) in [7, 11) is 0. The Morgan fingerprint density at radius 2 is 2.35 bits per heavy atom. The van der Waals surface area contributed by atoms with Gasteiger partial charge in [-0.3, -0.25) is 14.9 Å². The standard InChI is InChI=1S/C13H16BrN3O3/c14-10-1-2-11(12(7-10)17(19)20)13(18)16-6-4-9-3-5-15-8-9/h1-2,7,9,15H,3-6,8H2,(H,16,18). The molecule has 6 nitrogen and oxygen atoms in total. The molecule has 1 amide bonds. The number of hydrogen-bond donors (Lipinski definition) is 2. The van der Waals surface area contributed by atoms with Gasteiger partial charge >= 0.3 is 0 Å². The molecule has 0 saturated carbocycles. The van der Waals surface area contributed by atoms with E-state index in [0.717, 1.165) is 25.9 Å². The molecule has 0 aromatic heterocycles. The molecule has 1 fully saturated rings. The van der Waals surface area contributed by atoms with Crippen LogP contribution < -0.4 is 10.6 Å². The van der Waals surface area contributed by atoms with Crippen LogP contribution in [-0.2, 0) is 0 Å². The van der Waals surface area contributed by atoms with Crippen LogP contribution in [0.3, 0.4) is 0 Å². The van der Waals surface area contributed by atoms with E-state index in [1.165, 1.54) is 12.1 Å². The van der Waals surface area contributed by atoms with Gasteiger partial charge in [-0.1, -0.05) is 15.9 Å². The number of nitro groups is 1. The molecule has 0 radical (unpaired) electrons. The van der Waals surface area contributed by atoms with Crippen LogP contribution in [0.1, 0.15) is 23.2 Å². The Kier molecular flexibility index (Phi) is 5.08. The molecular formula is C13H16BrN3O3. The van der Waals surface area contributed by atoms with Crippen molar-refractivity contribution in [1.82, 2.24) is 10.6 Å². The Morgan fingerprint density at radius 3 is 3.00 bits per heavy atom. The van der Waals surface area contributed by atoms with E-state index in [0.29, 0.717) is 16.9 Å². The lowest BCUT2D eigenvalue weighted by Gasteiger charge is -2.09. The second-order valence-corrected chi connectivity index (χ2v) is 5.74. The molecule has 108 valence electrons. The third-order valence-electron chi connectivity index (χ3n) is 3.40. The highest BCUT2D eigenvalue weighted by Crippen LogP contribution is 2.23. The summed E-state index contributed by atoms with van der Waals surface area (Å²) in [6, 6.07) is 4.44. The van der Waals surface area contributed by atoms with Crippen LogP contribution in [-0.4, -0.2) is 30.5 Å². The number of amides is 1. The number of nitro benzene ring substituents is 1. The van der Waals surface area contributed by atoms with Gasteiger partial charge in [0.05, 0.1) is 4.92 Å². The zero-order valence-corrected chi connectivity index (χ0v) is 12.5. The van der Waals surface area contributed by atoms with Crippen LogP contribution in [0.15, 0.2) is 22.7 Å². The van der Waals surface area contributed by atoms with Crippen LogP contribution in [0.2, 0.25) is 0 Å². The van der Waals surface area contributed by atoms with E-state index in [1.54, 1.807) is 6.07 Å². The van der Waals surface area contributed by atoms with Gasteiger partial charge in [0.1, 0.15) is 5.56 Å². The molecule has 2 N–H and O–H groups in total. The summed E-state index contributed by atoms with van der Waals surface area (Å²) in [5, 5.41) is 17.0. The largest absolute Gasteiger partial charge is 0.352 e. The van der Waals surface area contributed by atoms with Gasteiger partial charge in [0.15, 0.2) is 0 Å². The fraction of sp³-hybridized carbons (Fsp3) is 0.462. The van der Waals surface area contributed by atoms with Gasteiger partial charge in [-0.2, -0.15) is 0 Å². The van der Waals surface area contributed by atoms with Gasteiger partial charge in [-0.15, -0.1) is 0 Å². The van der Waals surface area contributed by atoms with Crippen molar-refractivity contribution in [1.29, 1.82) is 0 Å². The van der Waals surface area contributed by atoms with E-state index in [1.807, 2.05) is 0 Å². The highest BCUT2D eigenvalue weighted by molar-refractivity contribution is 9.10. The number of carbonyl (C=O) groups excluding carboxylic acids is 1. The summed E-state index contributed by atoms with van der Waals surface area (Å²) in [5.74, 6) is 0.186. The fourth-order valence-electron chi connectivity index (χ4n) is 2.29. The molecule has 1 atom stereocenters. The second-order valence-electron chi connectivity index (χ2n) is 4.82. The predicted molar refractivity (Wildman–Crippen MR) is 78.7 cm³/mol. The predicted octanol–water partition coefficient (Wildman–Crippen LogP) is 2.09. The molecule has 7 heteroatoms. The average molecular weight is 342 g/mol. The highest BCUT2D eigenvalue weighted by Gasteiger charge is 2.21. The Bertz CT molecular complexity index is 516. The van der Waals surface area contributed by atoms with Crippen molar-refractivity contribution in [3.63, 3.8) is 0 Å². The van der Waals surface area contributed by atoms with Crippen molar-refractivity contribution in [3.05, 3.63) is 38.3 Å². The lowest BCUT2D eigenvalue weighted by Crippen LogP contribution is -2.27. The van der Waals surface area contributed by atoms with E-state index in [4.69, 9.17) is 0 Å². The molecule has 1 aromatic carbocycles. The van der Waals surface area contributed by atoms with Gasteiger partial charge in [0.2, 0.25) is 0 Å². The lowest BCUT2D eigenvalue weighted by atomic mass is 10.1. The van der Waals surface area contributed by atoms with Crippen LogP contribution in [0.4, 0.5) is 5.69 Å². The van der Waals surface area contributed by atoms with Crippen LogP contribution in [0.5, 0.6) is 0 Å². The van der Waals surface area contributed by atoms with Crippen molar-refractivity contribution in [2.45, 2.75) is 12.8 Å². The minimum absolute atomic E-state index is 0.0998. The number of rotatable bonds is 5. The van der Waals surface area contributed by atoms with E-state index in [9.17, 15) is 14.9 Å². The van der Waals surface area contributed by atoms with Gasteiger partial charge in [0, 0.05) is 17.1 Å². The van der Waals surface area contributed by atoms with Gasteiger partial charge in [-0.25, -0.2) is 0 Å². The topological polar surface area (TPSA) is 84.3 Å². The number of nitrogens with one attached hydrogen (secondary N) is 2. The highest BCUT2D eigenvalue weighted by atomic mass is 79.9. The molecule has 1 aliphatic heterocycles. The minimum Gasteiger partial charge on any atom is -0.352 e. The summed E-state index contributed by atoms with van der Waals surface area (Å²) in [5.41, 5.74) is -0.0813. The van der Waals surface area contributed by atoms with Crippen LogP contribution in [0, 0.1) is 16.0 Å². The van der Waals surface area contributed by atoms with E-state index < -0.39 is 10.8 Å². The Labute approximate surface area is 125 Å². The first kappa shape index (κ1) is 14.9. The van der Waals surface area contributed by atoms with Crippen molar-refractivity contribution in [2.75, 3.05) is 19.6 Å². The molecule has 1 aliphatic rings. The molecule has 1 heterocycles. The van der Waals surface area contributed by atoms with Crippen molar-refractivity contribution in [2.24, 2.45) is 5.92 Å². The van der Waals surface area contributed by atoms with E-state index >= 15 is 0 Å². The van der Waals surface area contributed by atoms with Crippen LogP contribution in [0.25, 0.3) is 0 Å². The monoisotopic (exact) mass is 341 g/mol. The van der Waals surface area contributed by atoms with Crippen LogP contribution >= 0.6 is 15.9 Å². The van der Waals surface area contributed by atoms with Crippen molar-refractivity contribution < 1.29 is 9.72 Å². The zero-order chi connectivity index (χ0) is 14.5. The SMILES string of the molecule is O=C(NCCC1CCNC1)c1ccc(Br)cc1[N+](=O)[O-]. The number of halogens is 1. The quantitative estimate of drug-likeness (QED) is 0.634. The summed E-state index contributed by atoms with van der Waals surface area (Å²) in [6.07, 6.45) is 2.01. The fourth-order valence-corrected chi connectivity index (χ4v) is 2.64. The first-order valence-corrected chi connectivity index (χ1v) is 7.30. The zero-order valence-electron chi connectivity index (χ0n) is 10.9. The van der Waals surface area contributed by atoms with Gasteiger partial charge < -0.3 is 10.6 Å². The molecular weight excluding hydrogens is 326 g/mol. The molecule has 0 aliphatic carbocycles. The number of carbonyl (C=O) groups is 1. The minimum atomic E-state index is -0.541. The second kappa shape index (κ2) is 6.81. The third kappa shape index (κ3) is 3.77. The van der Waals surface area contributed by atoms with Gasteiger partial charge in [0.25, 0.3) is 11.6 Å². The number of hydrogen-bond acceptors (Lipinski definition) is 4. The summed E-state index contributed by atoms with van der Waals surface area (Å²) < 4.78 is 0.581. The summed E-state index contributed by atoms with van der Waals surface area (Å²) >= 11 is 3.17. The first-order chi connectivity index (χ1) is 9.58. The van der Waals surface area contributed by atoms with Gasteiger partial charge in [-0.05, 0) is 44.0 Å². The molecule has 0 spiro atoms. The molecule has 1 aromatic rings. The molecule has 1 saturated heterocycles. The maximum absolute atomic E-state index is 12.0. The van der Waals surface area contributed by atoms with E-state index in [2.05, 4.69) is 26.6 Å². The maximum Gasteiger partial charge on any atom is 0.283 e. The third-order valence-corrected chi connectivity index (χ3v) is 3.89. The number of nitrogens with zero attached hydrogens (tertiary/aromatic N) is 1. The Hall–Kier alpha value is -1.47. The van der Waals surface area contributed by atoms with Crippen molar-refractivity contribution >= 4 is 27.5 Å².